The van der Waals surface area contributed by atoms with Gasteiger partial charge in [0.2, 0.25) is 0 Å². The molecule has 0 saturated heterocycles. The monoisotopic (exact) mass is 220 g/mol. The highest BCUT2D eigenvalue weighted by molar-refractivity contribution is 8.78. The maximum Gasteiger partial charge on any atom is 0.0229 e. The van der Waals surface area contributed by atoms with Crippen LogP contribution in [-0.2, 0) is 0 Å². The first-order valence-corrected chi connectivity index (χ1v) is 6.81. The van der Waals surface area contributed by atoms with Crippen LogP contribution in [0.2, 0.25) is 0 Å². The number of rotatable bonds is 0. The molecule has 1 aliphatic heterocycles. The molecular weight excluding hydrogens is 196 g/mol. The molecule has 13 heavy (non-hydrogen) atoms. The number of hydrogen-bond donors (Lipinski definition) is 0. The highest BCUT2D eigenvalue weighted by Crippen LogP contribution is 2.27. The minimum absolute atomic E-state index is 0. The van der Waals surface area contributed by atoms with Crippen LogP contribution in [0.4, 0.5) is 0 Å². The van der Waals surface area contributed by atoms with Gasteiger partial charge in [-0.1, -0.05) is 81.0 Å². The van der Waals surface area contributed by atoms with Crippen molar-refractivity contribution in [2.24, 2.45) is 0 Å². The van der Waals surface area contributed by atoms with Crippen LogP contribution in [0, 0.1) is 0 Å². The number of hydrogen-bond acceptors (Lipinski definition) is 2. The Kier molecular flexibility index (Phi) is 15.2. The Balaban J connectivity index is 0. The van der Waals surface area contributed by atoms with Crippen molar-refractivity contribution in [1.82, 2.24) is 0 Å². The third-order valence-electron chi connectivity index (χ3n) is 1.88. The maximum atomic E-state index is 2.16. The molecule has 0 aromatic rings. The summed E-state index contributed by atoms with van der Waals surface area (Å²) in [5.74, 6) is 1.20. The molecule has 1 saturated carbocycles. The Morgan fingerprint density at radius 2 is 1.23 bits per heavy atom. The van der Waals surface area contributed by atoms with E-state index in [0.717, 1.165) is 0 Å². The second-order valence-corrected chi connectivity index (χ2v) is 5.19. The fourth-order valence-corrected chi connectivity index (χ4v) is 2.83. The molecule has 2 heteroatoms. The van der Waals surface area contributed by atoms with E-state index in [9.17, 15) is 0 Å². The largest absolute Gasteiger partial charge is 0.0854 e. The predicted molar refractivity (Wildman–Crippen MR) is 70.4 cm³/mol. The fraction of sp³-hybridized carbons (Fsp3) is 0.818. The Morgan fingerprint density at radius 3 is 1.38 bits per heavy atom. The molecule has 0 aromatic heterocycles. The Labute approximate surface area is 92.4 Å². The topological polar surface area (TPSA) is 0 Å². The summed E-state index contributed by atoms with van der Waals surface area (Å²) in [6.07, 6.45) is 11.2. The zero-order chi connectivity index (χ0) is 7.78. The highest BCUT2D eigenvalue weighted by atomic mass is 33.1. The van der Waals surface area contributed by atoms with Gasteiger partial charge in [0.25, 0.3) is 0 Å². The molecule has 0 aromatic carbocycles. The van der Waals surface area contributed by atoms with Gasteiger partial charge in [-0.3, -0.25) is 0 Å². The van der Waals surface area contributed by atoms with Crippen molar-refractivity contribution < 1.29 is 0 Å². The summed E-state index contributed by atoms with van der Waals surface area (Å²) in [5, 5.41) is 2.12. The van der Waals surface area contributed by atoms with Crippen molar-refractivity contribution in [2.75, 3.05) is 5.75 Å². The van der Waals surface area contributed by atoms with Gasteiger partial charge in [-0.25, -0.2) is 0 Å². The van der Waals surface area contributed by atoms with Crippen LogP contribution in [-0.4, -0.2) is 5.75 Å². The highest BCUT2D eigenvalue weighted by Gasteiger charge is 1.95. The quantitative estimate of drug-likeness (QED) is 0.494. The van der Waals surface area contributed by atoms with Crippen molar-refractivity contribution >= 4 is 21.6 Å². The first-order valence-electron chi connectivity index (χ1n) is 4.43. The summed E-state index contributed by atoms with van der Waals surface area (Å²) in [6.45, 7) is 0. The van der Waals surface area contributed by atoms with E-state index >= 15 is 0 Å². The normalized spacial score (nSPS) is 19.1. The van der Waals surface area contributed by atoms with Gasteiger partial charge in [0.1, 0.15) is 0 Å². The van der Waals surface area contributed by atoms with Crippen molar-refractivity contribution in [1.29, 1.82) is 0 Å². The van der Waals surface area contributed by atoms with Crippen LogP contribution in [0.15, 0.2) is 11.5 Å². The predicted octanol–water partition coefficient (Wildman–Crippen LogP) is 5.51. The van der Waals surface area contributed by atoms with Crippen LogP contribution in [0.25, 0.3) is 0 Å². The first-order chi connectivity index (χ1) is 5.50. The zero-order valence-corrected chi connectivity index (χ0v) is 8.55. The summed E-state index contributed by atoms with van der Waals surface area (Å²) in [4.78, 5) is 0. The van der Waals surface area contributed by atoms with Crippen molar-refractivity contribution in [3.8, 4) is 0 Å². The van der Waals surface area contributed by atoms with Crippen LogP contribution in [0.1, 0.15) is 53.4 Å². The molecule has 0 nitrogen and oxygen atoms in total. The second kappa shape index (κ2) is 12.4. The van der Waals surface area contributed by atoms with Gasteiger partial charge < -0.3 is 0 Å². The van der Waals surface area contributed by atoms with Gasteiger partial charge >= 0.3 is 0 Å². The minimum Gasteiger partial charge on any atom is -0.0854 e. The lowest BCUT2D eigenvalue weighted by Gasteiger charge is -2.05. The van der Waals surface area contributed by atoms with Crippen LogP contribution in [0.3, 0.4) is 0 Å². The van der Waals surface area contributed by atoms with E-state index in [1.54, 1.807) is 0 Å². The molecule has 2 aliphatic rings. The van der Waals surface area contributed by atoms with Gasteiger partial charge in [0.05, 0.1) is 0 Å². The summed E-state index contributed by atoms with van der Waals surface area (Å²) in [6, 6.07) is 0. The first kappa shape index (κ1) is 15.9. The minimum atomic E-state index is 0. The fourth-order valence-electron chi connectivity index (χ4n) is 1.26. The second-order valence-electron chi connectivity index (χ2n) is 2.87. The zero-order valence-electron chi connectivity index (χ0n) is 6.92. The van der Waals surface area contributed by atoms with Crippen molar-refractivity contribution in [3.63, 3.8) is 0 Å². The molecule has 0 radical (unpaired) electrons. The maximum absolute atomic E-state index is 2.16. The van der Waals surface area contributed by atoms with Gasteiger partial charge in [0.15, 0.2) is 0 Å². The van der Waals surface area contributed by atoms with Crippen molar-refractivity contribution in [3.05, 3.63) is 11.5 Å². The van der Waals surface area contributed by atoms with E-state index in [4.69, 9.17) is 0 Å². The van der Waals surface area contributed by atoms with E-state index in [-0.39, 0.29) is 14.9 Å². The van der Waals surface area contributed by atoms with Crippen LogP contribution < -0.4 is 0 Å². The van der Waals surface area contributed by atoms with Crippen molar-refractivity contribution in [2.45, 2.75) is 53.4 Å². The molecule has 1 heterocycles. The average Bonchev–Trinajstić information content (AvgIpc) is 2.64. The standard InChI is InChI=1S/C6H12.C3H4S2.2CH4/c1-2-4-6-5-3-1;1-2-4-5-3-1;;/h1-6H2;1-2H,3H2;2*1H4. The summed E-state index contributed by atoms with van der Waals surface area (Å²) in [5.41, 5.74) is 0. The molecule has 1 aliphatic carbocycles. The van der Waals surface area contributed by atoms with Gasteiger partial charge in [-0.15, -0.1) is 0 Å². The molecule has 0 atom stereocenters. The molecule has 0 amide bonds. The summed E-state index contributed by atoms with van der Waals surface area (Å²) < 4.78 is 0. The molecule has 1 fully saturated rings. The molecule has 0 N–H and O–H groups in total. The van der Waals surface area contributed by atoms with E-state index < -0.39 is 0 Å². The molecule has 0 spiro atoms. The molecule has 0 bridgehead atoms. The third kappa shape index (κ3) is 10.4. The third-order valence-corrected chi connectivity index (χ3v) is 3.80. The van der Waals surface area contributed by atoms with Gasteiger partial charge in [-0.2, -0.15) is 0 Å². The van der Waals surface area contributed by atoms with E-state index in [2.05, 4.69) is 11.5 Å². The van der Waals surface area contributed by atoms with E-state index in [1.807, 2.05) is 21.6 Å². The molecule has 2 rings (SSSR count). The lowest BCUT2D eigenvalue weighted by atomic mass is 10.0. The SMILES string of the molecule is C.C.C1=CSSC1.C1CCCCC1. The van der Waals surface area contributed by atoms with E-state index in [0.29, 0.717) is 0 Å². The molecule has 80 valence electrons. The Hall–Kier alpha value is 0.440. The Bertz CT molecular complexity index is 89.1. The molecule has 0 unspecified atom stereocenters. The van der Waals surface area contributed by atoms with Gasteiger partial charge in [-0.05, 0) is 5.41 Å². The Morgan fingerprint density at radius 1 is 0.769 bits per heavy atom. The smallest absolute Gasteiger partial charge is 0.0229 e. The van der Waals surface area contributed by atoms with Crippen LogP contribution in [0.5, 0.6) is 0 Å². The lowest BCUT2D eigenvalue weighted by Crippen LogP contribution is -1.85. The van der Waals surface area contributed by atoms with E-state index in [1.165, 1.54) is 44.3 Å². The van der Waals surface area contributed by atoms with Crippen LogP contribution >= 0.6 is 21.6 Å². The summed E-state index contributed by atoms with van der Waals surface area (Å²) >= 11 is 0. The van der Waals surface area contributed by atoms with Gasteiger partial charge in [0, 0.05) is 5.75 Å². The molecular formula is C11H24S2. The summed E-state index contributed by atoms with van der Waals surface area (Å²) in [7, 11) is 3.69. The lowest BCUT2D eigenvalue weighted by molar-refractivity contribution is 0.504. The average molecular weight is 220 g/mol.